The Kier molecular flexibility index (Phi) is 2.46. The monoisotopic (exact) mass is 195 g/mol. The number of nitrogens with two attached hydrogens (primary N) is 1. The highest BCUT2D eigenvalue weighted by Crippen LogP contribution is 2.38. The second-order valence-corrected chi connectivity index (χ2v) is 3.97. The van der Waals surface area contributed by atoms with Crippen LogP contribution in [0.5, 0.6) is 0 Å². The van der Waals surface area contributed by atoms with Gasteiger partial charge < -0.3 is 15.0 Å². The molecule has 1 heterocycles. The molecule has 4 heteroatoms. The number of anilines is 1. The van der Waals surface area contributed by atoms with Crippen molar-refractivity contribution in [2.45, 2.75) is 37.8 Å². The molecular formula is C10H17N3O. The molecular weight excluding hydrogens is 178 g/mol. The molecule has 1 saturated carbocycles. The van der Waals surface area contributed by atoms with E-state index in [-0.39, 0.29) is 5.60 Å². The summed E-state index contributed by atoms with van der Waals surface area (Å²) in [7, 11) is 1.80. The summed E-state index contributed by atoms with van der Waals surface area (Å²) in [6, 6.07) is 0. The highest BCUT2D eigenvalue weighted by Gasteiger charge is 2.36. The Morgan fingerprint density at radius 3 is 2.86 bits per heavy atom. The van der Waals surface area contributed by atoms with Crippen molar-refractivity contribution in [3.05, 3.63) is 12.4 Å². The molecule has 4 nitrogen and oxygen atoms in total. The maximum atomic E-state index is 5.68. The van der Waals surface area contributed by atoms with Gasteiger partial charge in [-0.1, -0.05) is 0 Å². The van der Waals surface area contributed by atoms with Gasteiger partial charge in [0, 0.05) is 26.0 Å². The maximum absolute atomic E-state index is 5.68. The van der Waals surface area contributed by atoms with Crippen LogP contribution in [0.3, 0.4) is 0 Å². The van der Waals surface area contributed by atoms with Crippen LogP contribution in [0.1, 0.15) is 25.7 Å². The molecule has 14 heavy (non-hydrogen) atoms. The van der Waals surface area contributed by atoms with E-state index in [1.54, 1.807) is 13.3 Å². The van der Waals surface area contributed by atoms with Crippen LogP contribution in [0.2, 0.25) is 0 Å². The van der Waals surface area contributed by atoms with E-state index in [9.17, 15) is 0 Å². The number of rotatable bonds is 4. The smallest absolute Gasteiger partial charge is 0.200 e. The summed E-state index contributed by atoms with van der Waals surface area (Å²) in [5, 5.41) is 0. The Labute approximate surface area is 84.1 Å². The Morgan fingerprint density at radius 2 is 2.43 bits per heavy atom. The van der Waals surface area contributed by atoms with Crippen molar-refractivity contribution in [3.63, 3.8) is 0 Å². The van der Waals surface area contributed by atoms with Crippen molar-refractivity contribution in [1.82, 2.24) is 9.55 Å². The molecule has 1 aliphatic rings. The van der Waals surface area contributed by atoms with Gasteiger partial charge in [-0.3, -0.25) is 0 Å². The average molecular weight is 195 g/mol. The van der Waals surface area contributed by atoms with E-state index in [1.807, 2.05) is 10.8 Å². The lowest BCUT2D eigenvalue weighted by molar-refractivity contribution is -0.0798. The molecule has 0 atom stereocenters. The van der Waals surface area contributed by atoms with Crippen molar-refractivity contribution < 1.29 is 4.74 Å². The minimum Gasteiger partial charge on any atom is -0.378 e. The number of nitrogen functional groups attached to an aromatic ring is 1. The molecule has 2 rings (SSSR count). The highest BCUT2D eigenvalue weighted by atomic mass is 16.5. The van der Waals surface area contributed by atoms with Crippen LogP contribution < -0.4 is 5.73 Å². The fourth-order valence-corrected chi connectivity index (χ4v) is 1.98. The highest BCUT2D eigenvalue weighted by molar-refractivity contribution is 5.16. The van der Waals surface area contributed by atoms with Crippen molar-refractivity contribution in [2.24, 2.45) is 0 Å². The minimum atomic E-state index is 0.122. The zero-order chi connectivity index (χ0) is 10.0. The van der Waals surface area contributed by atoms with Gasteiger partial charge >= 0.3 is 0 Å². The largest absolute Gasteiger partial charge is 0.378 e. The molecule has 1 aliphatic carbocycles. The first kappa shape index (κ1) is 9.52. The molecule has 0 saturated heterocycles. The SMILES string of the molecule is COC1(CCn2ccnc2N)CCC1. The molecule has 0 spiro atoms. The van der Waals surface area contributed by atoms with E-state index in [1.165, 1.54) is 19.3 Å². The lowest BCUT2D eigenvalue weighted by atomic mass is 9.77. The molecule has 1 aromatic heterocycles. The molecule has 0 bridgehead atoms. The number of hydrogen-bond acceptors (Lipinski definition) is 3. The van der Waals surface area contributed by atoms with Crippen LogP contribution in [0.4, 0.5) is 5.95 Å². The van der Waals surface area contributed by atoms with Gasteiger partial charge in [0.25, 0.3) is 0 Å². The third-order valence-electron chi connectivity index (χ3n) is 3.25. The van der Waals surface area contributed by atoms with E-state index in [0.717, 1.165) is 13.0 Å². The fraction of sp³-hybridized carbons (Fsp3) is 0.700. The van der Waals surface area contributed by atoms with Crippen molar-refractivity contribution in [2.75, 3.05) is 12.8 Å². The predicted molar refractivity (Wildman–Crippen MR) is 54.8 cm³/mol. The fourth-order valence-electron chi connectivity index (χ4n) is 1.98. The number of aryl methyl sites for hydroxylation is 1. The zero-order valence-corrected chi connectivity index (χ0v) is 8.57. The summed E-state index contributed by atoms with van der Waals surface area (Å²) in [6.45, 7) is 0.902. The van der Waals surface area contributed by atoms with Gasteiger partial charge in [0.2, 0.25) is 0 Å². The van der Waals surface area contributed by atoms with E-state index >= 15 is 0 Å². The number of methoxy groups -OCH3 is 1. The minimum absolute atomic E-state index is 0.122. The zero-order valence-electron chi connectivity index (χ0n) is 8.57. The van der Waals surface area contributed by atoms with Gasteiger partial charge in [-0.05, 0) is 25.7 Å². The number of imidazole rings is 1. The van der Waals surface area contributed by atoms with E-state index in [2.05, 4.69) is 4.98 Å². The second-order valence-electron chi connectivity index (χ2n) is 3.97. The van der Waals surface area contributed by atoms with E-state index < -0.39 is 0 Å². The van der Waals surface area contributed by atoms with Gasteiger partial charge in [0.05, 0.1) is 5.60 Å². The number of nitrogens with zero attached hydrogens (tertiary/aromatic N) is 2. The summed E-state index contributed by atoms with van der Waals surface area (Å²) >= 11 is 0. The summed E-state index contributed by atoms with van der Waals surface area (Å²) in [6.07, 6.45) is 8.32. The van der Waals surface area contributed by atoms with Gasteiger partial charge in [-0.25, -0.2) is 4.98 Å². The first-order valence-corrected chi connectivity index (χ1v) is 5.07. The Morgan fingerprint density at radius 1 is 1.64 bits per heavy atom. The normalized spacial score (nSPS) is 19.2. The molecule has 0 aromatic carbocycles. The van der Waals surface area contributed by atoms with Crippen LogP contribution in [-0.2, 0) is 11.3 Å². The lowest BCUT2D eigenvalue weighted by Crippen LogP contribution is -2.40. The predicted octanol–water partition coefficient (Wildman–Crippen LogP) is 1.42. The van der Waals surface area contributed by atoms with Gasteiger partial charge in [-0.2, -0.15) is 0 Å². The summed E-state index contributed by atoms with van der Waals surface area (Å²) in [5.74, 6) is 0.593. The molecule has 78 valence electrons. The molecule has 0 radical (unpaired) electrons. The van der Waals surface area contributed by atoms with E-state index in [0.29, 0.717) is 5.95 Å². The summed E-state index contributed by atoms with van der Waals surface area (Å²) in [5.41, 5.74) is 5.80. The standard InChI is InChI=1S/C10H17N3O/c1-14-10(3-2-4-10)5-7-13-8-6-12-9(13)11/h6,8H,2-5,7H2,1H3,(H2,11,12). The van der Waals surface area contributed by atoms with Crippen molar-refractivity contribution >= 4 is 5.95 Å². The number of hydrogen-bond donors (Lipinski definition) is 1. The van der Waals surface area contributed by atoms with Crippen LogP contribution in [0.15, 0.2) is 12.4 Å². The number of aromatic nitrogens is 2. The van der Waals surface area contributed by atoms with Crippen LogP contribution in [-0.4, -0.2) is 22.3 Å². The van der Waals surface area contributed by atoms with Crippen LogP contribution in [0, 0.1) is 0 Å². The van der Waals surface area contributed by atoms with Crippen molar-refractivity contribution in [1.29, 1.82) is 0 Å². The van der Waals surface area contributed by atoms with E-state index in [4.69, 9.17) is 10.5 Å². The summed E-state index contributed by atoms with van der Waals surface area (Å²) < 4.78 is 7.51. The molecule has 0 amide bonds. The van der Waals surface area contributed by atoms with Crippen molar-refractivity contribution in [3.8, 4) is 0 Å². The third kappa shape index (κ3) is 1.62. The molecule has 0 aliphatic heterocycles. The topological polar surface area (TPSA) is 53.1 Å². The maximum Gasteiger partial charge on any atom is 0.200 e. The quantitative estimate of drug-likeness (QED) is 0.790. The Balaban J connectivity index is 1.90. The molecule has 1 aromatic rings. The van der Waals surface area contributed by atoms with Crippen LogP contribution in [0.25, 0.3) is 0 Å². The Bertz CT molecular complexity index is 299. The van der Waals surface area contributed by atoms with Gasteiger partial charge in [0.1, 0.15) is 0 Å². The van der Waals surface area contributed by atoms with Gasteiger partial charge in [-0.15, -0.1) is 0 Å². The second kappa shape index (κ2) is 3.61. The number of ether oxygens (including phenoxy) is 1. The molecule has 2 N–H and O–H groups in total. The summed E-state index contributed by atoms with van der Waals surface area (Å²) in [4.78, 5) is 3.99. The van der Waals surface area contributed by atoms with Gasteiger partial charge in [0.15, 0.2) is 5.95 Å². The third-order valence-corrected chi connectivity index (χ3v) is 3.25. The lowest BCUT2D eigenvalue weighted by Gasteiger charge is -2.40. The molecule has 0 unspecified atom stereocenters. The first-order chi connectivity index (χ1) is 6.76. The average Bonchev–Trinajstić information content (AvgIpc) is 2.51. The first-order valence-electron chi connectivity index (χ1n) is 5.07. The molecule has 1 fully saturated rings. The van der Waals surface area contributed by atoms with Crippen LogP contribution >= 0.6 is 0 Å². The Hall–Kier alpha value is -1.03.